The van der Waals surface area contributed by atoms with Gasteiger partial charge >= 0.3 is 65.5 Å². The van der Waals surface area contributed by atoms with Crippen molar-refractivity contribution in [2.75, 3.05) is 0 Å². The Hall–Kier alpha value is 1.92. The smallest absolute Gasteiger partial charge is 0.870 e. The van der Waals surface area contributed by atoms with Crippen LogP contribution in [0, 0.1) is 0 Å². The Morgan fingerprint density at radius 3 is 0.500 bits per heavy atom. The molecule has 0 amide bonds. The molecule has 0 aliphatic heterocycles. The van der Waals surface area contributed by atoms with E-state index in [4.69, 9.17) is 0 Å². The topological polar surface area (TPSA) is 150 Å². The minimum atomic E-state index is 0. The molecule has 8 heavy (non-hydrogen) atoms. The Bertz CT molecular complexity index is 12.4. The minimum Gasteiger partial charge on any atom is -0.870 e. The molecule has 0 heterocycles. The Morgan fingerprint density at radius 1 is 0.500 bits per heavy atom. The predicted molar refractivity (Wildman–Crippen MR) is 9.68 cm³/mol. The monoisotopic (exact) mass is 230 g/mol. The third-order valence-corrected chi connectivity index (χ3v) is 0. The van der Waals surface area contributed by atoms with E-state index >= 15 is 0 Å². The molecule has 0 saturated heterocycles. The minimum absolute atomic E-state index is 0. The van der Waals surface area contributed by atoms with E-state index < -0.39 is 0 Å². The Kier molecular flexibility index (Phi) is 4080. The van der Waals surface area contributed by atoms with Crippen molar-refractivity contribution < 1.29 is 92.9 Å². The van der Waals surface area contributed by atoms with Crippen molar-refractivity contribution in [3.05, 3.63) is 0 Å². The Balaban J connectivity index is 0. The second-order valence-electron chi connectivity index (χ2n) is 0. The van der Waals surface area contributed by atoms with Gasteiger partial charge in [0.2, 0.25) is 0 Å². The maximum Gasteiger partial charge on any atom is 2.00 e. The van der Waals surface area contributed by atoms with E-state index in [1.807, 2.05) is 0 Å². The molecule has 0 aliphatic rings. The molecule has 5 nitrogen and oxygen atoms in total. The molecule has 0 aromatic heterocycles. The van der Waals surface area contributed by atoms with Crippen molar-refractivity contribution in [1.29, 1.82) is 0 Å². The summed E-state index contributed by atoms with van der Waals surface area (Å²) in [6.45, 7) is 0. The van der Waals surface area contributed by atoms with Crippen molar-refractivity contribution in [2.24, 2.45) is 0 Å². The molecule has 0 radical (unpaired) electrons. The summed E-state index contributed by atoms with van der Waals surface area (Å²) in [6, 6.07) is 0. The molecular formula is H5NaNiO5Zn. The van der Waals surface area contributed by atoms with Crippen molar-refractivity contribution in [3.8, 4) is 0 Å². The van der Waals surface area contributed by atoms with Gasteiger partial charge in [-0.2, -0.15) is 0 Å². The molecule has 0 fully saturated rings. The van der Waals surface area contributed by atoms with Crippen LogP contribution in [0.25, 0.3) is 0 Å². The van der Waals surface area contributed by atoms with Gasteiger partial charge in [-0.3, -0.25) is 0 Å². The first kappa shape index (κ1) is 215. The van der Waals surface area contributed by atoms with Crippen molar-refractivity contribution >= 4 is 0 Å². The van der Waals surface area contributed by atoms with Crippen LogP contribution in [0.5, 0.6) is 0 Å². The summed E-state index contributed by atoms with van der Waals surface area (Å²) >= 11 is 0. The largest absolute Gasteiger partial charge is 2.00 e. The maximum absolute atomic E-state index is 0. The summed E-state index contributed by atoms with van der Waals surface area (Å²) in [6.07, 6.45) is 0. The van der Waals surface area contributed by atoms with E-state index in [0.717, 1.165) is 0 Å². The Labute approximate surface area is 92.1 Å². The summed E-state index contributed by atoms with van der Waals surface area (Å²) in [4.78, 5) is 0. The predicted octanol–water partition coefficient (Wildman–Crippen LogP) is -3.89. The van der Waals surface area contributed by atoms with Gasteiger partial charge in [0.1, 0.15) is 0 Å². The summed E-state index contributed by atoms with van der Waals surface area (Å²) < 4.78 is 0. The zero-order valence-electron chi connectivity index (χ0n) is 4.26. The molecule has 0 aliphatic carbocycles. The van der Waals surface area contributed by atoms with Crippen molar-refractivity contribution in [3.63, 3.8) is 0 Å². The SMILES string of the molecule is [Na+].[Ni+2].[OH-].[OH-].[OH-].[OH-].[OH-].[Zn+2]. The fourth-order valence-electron chi connectivity index (χ4n) is 0. The average Bonchev–Trinajstić information content (AvgIpc) is 0. The molecule has 0 aromatic rings. The van der Waals surface area contributed by atoms with E-state index in [9.17, 15) is 0 Å². The third-order valence-electron chi connectivity index (χ3n) is 0. The van der Waals surface area contributed by atoms with E-state index in [2.05, 4.69) is 0 Å². The zero-order valence-corrected chi connectivity index (χ0v) is 10.2. The molecule has 0 unspecified atom stereocenters. The molecule has 0 rings (SSSR count). The first-order valence-corrected chi connectivity index (χ1v) is 0. The average molecular weight is 232 g/mol. The van der Waals surface area contributed by atoms with Gasteiger partial charge in [-0.1, -0.05) is 0 Å². The molecule has 0 aromatic carbocycles. The van der Waals surface area contributed by atoms with Crippen LogP contribution < -0.4 is 29.6 Å². The summed E-state index contributed by atoms with van der Waals surface area (Å²) in [5.74, 6) is 0. The van der Waals surface area contributed by atoms with Crippen LogP contribution in [0.4, 0.5) is 0 Å². The molecule has 0 saturated carbocycles. The van der Waals surface area contributed by atoms with Gasteiger partial charge < -0.3 is 27.4 Å². The molecule has 5 N–H and O–H groups in total. The van der Waals surface area contributed by atoms with Gasteiger partial charge in [-0.05, 0) is 0 Å². The first-order chi connectivity index (χ1) is 0. The van der Waals surface area contributed by atoms with Gasteiger partial charge in [0, 0.05) is 0 Å². The second kappa shape index (κ2) is 152. The summed E-state index contributed by atoms with van der Waals surface area (Å²) in [5, 5.41) is 0. The first-order valence-electron chi connectivity index (χ1n) is 0. The van der Waals surface area contributed by atoms with Gasteiger partial charge in [-0.25, -0.2) is 0 Å². The van der Waals surface area contributed by atoms with Crippen LogP contribution in [-0.4, -0.2) is 27.4 Å². The molecule has 0 spiro atoms. The van der Waals surface area contributed by atoms with Gasteiger partial charge in [0.15, 0.2) is 0 Å². The van der Waals surface area contributed by atoms with E-state index in [0.29, 0.717) is 0 Å². The zero-order chi connectivity index (χ0) is 0. The quantitative estimate of drug-likeness (QED) is 0.391. The molecule has 48 valence electrons. The standard InChI is InChI=1S/Na.Ni.5H2O.Zn/h;;5*1H2;/q+1;+2;;;;;;+2/p-5. The number of hydrogen-bond donors (Lipinski definition) is 0. The van der Waals surface area contributed by atoms with Gasteiger partial charge in [0.05, 0.1) is 0 Å². The summed E-state index contributed by atoms with van der Waals surface area (Å²) in [7, 11) is 0. The van der Waals surface area contributed by atoms with Crippen molar-refractivity contribution in [2.45, 2.75) is 0 Å². The molecule has 0 atom stereocenters. The number of rotatable bonds is 0. The van der Waals surface area contributed by atoms with Crippen LogP contribution in [0.1, 0.15) is 0 Å². The summed E-state index contributed by atoms with van der Waals surface area (Å²) in [5.41, 5.74) is 0. The van der Waals surface area contributed by atoms with Crippen LogP contribution in [-0.2, 0) is 36.0 Å². The second-order valence-corrected chi connectivity index (χ2v) is 0. The van der Waals surface area contributed by atoms with E-state index in [-0.39, 0.29) is 92.9 Å². The van der Waals surface area contributed by atoms with E-state index in [1.54, 1.807) is 0 Å². The molecule has 8 heteroatoms. The third kappa shape index (κ3) is 103. The Morgan fingerprint density at radius 2 is 0.500 bits per heavy atom. The number of hydrogen-bond acceptors (Lipinski definition) is 5. The normalized spacial score (nSPS) is 0. The molecule has 0 bridgehead atoms. The van der Waals surface area contributed by atoms with Crippen LogP contribution in [0.15, 0.2) is 0 Å². The fraction of sp³-hybridized carbons (Fsp3) is 0. The van der Waals surface area contributed by atoms with Crippen LogP contribution >= 0.6 is 0 Å². The molecular weight excluding hydrogens is 227 g/mol. The fourth-order valence-corrected chi connectivity index (χ4v) is 0. The van der Waals surface area contributed by atoms with Crippen LogP contribution in [0.2, 0.25) is 0 Å². The van der Waals surface area contributed by atoms with E-state index in [1.165, 1.54) is 0 Å². The van der Waals surface area contributed by atoms with Gasteiger partial charge in [0.25, 0.3) is 0 Å². The van der Waals surface area contributed by atoms with Crippen LogP contribution in [0.3, 0.4) is 0 Å². The van der Waals surface area contributed by atoms with Crippen molar-refractivity contribution in [1.82, 2.24) is 0 Å². The van der Waals surface area contributed by atoms with Gasteiger partial charge in [-0.15, -0.1) is 0 Å². The maximum atomic E-state index is 0.